The molecule has 0 aromatic heterocycles. The van der Waals surface area contributed by atoms with E-state index in [1.165, 1.54) is 6.92 Å². The van der Waals surface area contributed by atoms with E-state index in [1.54, 1.807) is 0 Å². The number of amides is 3. The SMILES string of the molecule is CCC(C)[C@H](NC(=O)C(NC(C)=O)C(C)C)C(N)=O. The highest BCUT2D eigenvalue weighted by molar-refractivity contribution is 5.91. The first kappa shape index (κ1) is 17.4. The number of carbonyl (C=O) groups is 3. The van der Waals surface area contributed by atoms with Crippen molar-refractivity contribution in [2.75, 3.05) is 0 Å². The van der Waals surface area contributed by atoms with Crippen LogP contribution in [0.25, 0.3) is 0 Å². The molecule has 0 aliphatic rings. The molecule has 0 aromatic carbocycles. The lowest BCUT2D eigenvalue weighted by molar-refractivity contribution is -0.132. The van der Waals surface area contributed by atoms with Gasteiger partial charge in [0.1, 0.15) is 12.1 Å². The fourth-order valence-corrected chi connectivity index (χ4v) is 1.73. The lowest BCUT2D eigenvalue weighted by Gasteiger charge is -2.26. The Bertz CT molecular complexity index is 342. The summed E-state index contributed by atoms with van der Waals surface area (Å²) in [5.41, 5.74) is 5.30. The first-order chi connectivity index (χ1) is 8.70. The second-order valence-electron chi connectivity index (χ2n) is 5.20. The summed E-state index contributed by atoms with van der Waals surface area (Å²) >= 11 is 0. The van der Waals surface area contributed by atoms with Gasteiger partial charge < -0.3 is 16.4 Å². The predicted octanol–water partition coefficient (Wildman–Crippen LogP) is 0.163. The first-order valence-corrected chi connectivity index (χ1v) is 6.57. The normalized spacial score (nSPS) is 15.5. The van der Waals surface area contributed by atoms with E-state index in [4.69, 9.17) is 5.73 Å². The van der Waals surface area contributed by atoms with Crippen molar-refractivity contribution in [3.63, 3.8) is 0 Å². The third kappa shape index (κ3) is 5.72. The van der Waals surface area contributed by atoms with Crippen molar-refractivity contribution in [2.24, 2.45) is 17.6 Å². The highest BCUT2D eigenvalue weighted by atomic mass is 16.2. The zero-order valence-electron chi connectivity index (χ0n) is 12.3. The smallest absolute Gasteiger partial charge is 0.243 e. The van der Waals surface area contributed by atoms with Crippen molar-refractivity contribution in [1.29, 1.82) is 0 Å². The summed E-state index contributed by atoms with van der Waals surface area (Å²) in [6.45, 7) is 8.76. The summed E-state index contributed by atoms with van der Waals surface area (Å²) in [5, 5.41) is 5.20. The van der Waals surface area contributed by atoms with Crippen molar-refractivity contribution in [2.45, 2.75) is 53.1 Å². The molecule has 0 saturated heterocycles. The maximum atomic E-state index is 12.1. The molecular weight excluding hydrogens is 246 g/mol. The molecule has 0 radical (unpaired) electrons. The summed E-state index contributed by atoms with van der Waals surface area (Å²) in [5.74, 6) is -1.35. The molecular formula is C13H25N3O3. The van der Waals surface area contributed by atoms with E-state index in [1.807, 2.05) is 27.7 Å². The Hall–Kier alpha value is -1.59. The maximum Gasteiger partial charge on any atom is 0.243 e. The Morgan fingerprint density at radius 1 is 1.05 bits per heavy atom. The van der Waals surface area contributed by atoms with E-state index < -0.39 is 18.0 Å². The van der Waals surface area contributed by atoms with Gasteiger partial charge in [-0.3, -0.25) is 14.4 Å². The molecule has 0 aliphatic heterocycles. The Morgan fingerprint density at radius 2 is 1.58 bits per heavy atom. The van der Waals surface area contributed by atoms with Gasteiger partial charge in [-0.25, -0.2) is 0 Å². The Morgan fingerprint density at radius 3 is 1.89 bits per heavy atom. The van der Waals surface area contributed by atoms with Crippen molar-refractivity contribution in [1.82, 2.24) is 10.6 Å². The van der Waals surface area contributed by atoms with Gasteiger partial charge in [0.15, 0.2) is 0 Å². The molecule has 110 valence electrons. The number of primary amides is 1. The predicted molar refractivity (Wildman–Crippen MR) is 73.0 cm³/mol. The lowest BCUT2D eigenvalue weighted by Crippen LogP contribution is -2.56. The first-order valence-electron chi connectivity index (χ1n) is 6.57. The van der Waals surface area contributed by atoms with Crippen LogP contribution in [0.5, 0.6) is 0 Å². The molecule has 0 aliphatic carbocycles. The van der Waals surface area contributed by atoms with E-state index >= 15 is 0 Å². The number of hydrogen-bond donors (Lipinski definition) is 3. The number of nitrogens with two attached hydrogens (primary N) is 1. The van der Waals surface area contributed by atoms with E-state index in [9.17, 15) is 14.4 Å². The molecule has 3 amide bonds. The summed E-state index contributed by atoms with van der Waals surface area (Å²) < 4.78 is 0. The minimum Gasteiger partial charge on any atom is -0.368 e. The van der Waals surface area contributed by atoms with E-state index in [0.29, 0.717) is 0 Å². The molecule has 19 heavy (non-hydrogen) atoms. The fourth-order valence-electron chi connectivity index (χ4n) is 1.73. The quantitative estimate of drug-likeness (QED) is 0.615. The van der Waals surface area contributed by atoms with Gasteiger partial charge >= 0.3 is 0 Å². The molecule has 0 rings (SSSR count). The second-order valence-corrected chi connectivity index (χ2v) is 5.20. The molecule has 0 bridgehead atoms. The molecule has 3 atom stereocenters. The number of hydrogen-bond acceptors (Lipinski definition) is 3. The topological polar surface area (TPSA) is 101 Å². The average Bonchev–Trinajstić information content (AvgIpc) is 2.30. The molecule has 0 heterocycles. The summed E-state index contributed by atoms with van der Waals surface area (Å²) in [6, 6.07) is -1.38. The van der Waals surface area contributed by atoms with Crippen LogP contribution in [0.2, 0.25) is 0 Å². The van der Waals surface area contributed by atoms with E-state index in [0.717, 1.165) is 6.42 Å². The third-order valence-corrected chi connectivity index (χ3v) is 3.13. The van der Waals surface area contributed by atoms with Crippen LogP contribution in [-0.2, 0) is 14.4 Å². The highest BCUT2D eigenvalue weighted by Gasteiger charge is 2.29. The van der Waals surface area contributed by atoms with Crippen LogP contribution in [0.4, 0.5) is 0 Å². The molecule has 0 spiro atoms. The molecule has 0 saturated carbocycles. The monoisotopic (exact) mass is 271 g/mol. The van der Waals surface area contributed by atoms with Crippen LogP contribution in [0.3, 0.4) is 0 Å². The molecule has 6 heteroatoms. The number of carbonyl (C=O) groups excluding carboxylic acids is 3. The highest BCUT2D eigenvalue weighted by Crippen LogP contribution is 2.09. The van der Waals surface area contributed by atoms with Gasteiger partial charge in [-0.05, 0) is 11.8 Å². The van der Waals surface area contributed by atoms with Crippen molar-refractivity contribution in [3.05, 3.63) is 0 Å². The molecule has 4 N–H and O–H groups in total. The van der Waals surface area contributed by atoms with Gasteiger partial charge in [-0.1, -0.05) is 34.1 Å². The van der Waals surface area contributed by atoms with Crippen LogP contribution in [0, 0.1) is 11.8 Å². The van der Waals surface area contributed by atoms with Gasteiger partial charge in [0, 0.05) is 6.92 Å². The minimum absolute atomic E-state index is 0.0495. The average molecular weight is 271 g/mol. The zero-order chi connectivity index (χ0) is 15.2. The van der Waals surface area contributed by atoms with Crippen molar-refractivity contribution in [3.8, 4) is 0 Å². The Kier molecular flexibility index (Phi) is 7.11. The lowest BCUT2D eigenvalue weighted by atomic mass is 9.97. The zero-order valence-corrected chi connectivity index (χ0v) is 12.3. The van der Waals surface area contributed by atoms with Crippen LogP contribution >= 0.6 is 0 Å². The maximum absolute atomic E-state index is 12.1. The molecule has 2 unspecified atom stereocenters. The Labute approximate surface area is 114 Å². The van der Waals surface area contributed by atoms with Crippen LogP contribution < -0.4 is 16.4 Å². The largest absolute Gasteiger partial charge is 0.368 e. The van der Waals surface area contributed by atoms with Crippen LogP contribution in [0.1, 0.15) is 41.0 Å². The standard InChI is InChI=1S/C13H25N3O3/c1-6-8(4)11(12(14)18)16-13(19)10(7(2)3)15-9(5)17/h7-8,10-11H,6H2,1-5H3,(H2,14,18)(H,15,17)(H,16,19)/t8?,10?,11-/m0/s1. The van der Waals surface area contributed by atoms with Gasteiger partial charge in [0.2, 0.25) is 17.7 Å². The fraction of sp³-hybridized carbons (Fsp3) is 0.769. The second kappa shape index (κ2) is 7.76. The third-order valence-electron chi connectivity index (χ3n) is 3.13. The van der Waals surface area contributed by atoms with E-state index in [-0.39, 0.29) is 23.7 Å². The van der Waals surface area contributed by atoms with E-state index in [2.05, 4.69) is 10.6 Å². The summed E-state index contributed by atoms with van der Waals surface area (Å²) in [4.78, 5) is 34.6. The molecule has 6 nitrogen and oxygen atoms in total. The van der Waals surface area contributed by atoms with Gasteiger partial charge in [0.05, 0.1) is 0 Å². The van der Waals surface area contributed by atoms with Gasteiger partial charge in [0.25, 0.3) is 0 Å². The Balaban J connectivity index is 4.85. The molecule has 0 aromatic rings. The number of rotatable bonds is 7. The molecule has 0 fully saturated rings. The van der Waals surface area contributed by atoms with Crippen LogP contribution in [0.15, 0.2) is 0 Å². The van der Waals surface area contributed by atoms with Crippen molar-refractivity contribution >= 4 is 17.7 Å². The van der Waals surface area contributed by atoms with Crippen molar-refractivity contribution < 1.29 is 14.4 Å². The summed E-state index contributed by atoms with van der Waals surface area (Å²) in [7, 11) is 0. The summed E-state index contributed by atoms with van der Waals surface area (Å²) in [6.07, 6.45) is 0.723. The van der Waals surface area contributed by atoms with Gasteiger partial charge in [-0.2, -0.15) is 0 Å². The minimum atomic E-state index is -0.715. The van der Waals surface area contributed by atoms with Gasteiger partial charge in [-0.15, -0.1) is 0 Å². The van der Waals surface area contributed by atoms with Crippen LogP contribution in [-0.4, -0.2) is 29.8 Å². The number of nitrogens with one attached hydrogen (secondary N) is 2.